The summed E-state index contributed by atoms with van der Waals surface area (Å²) in [6.07, 6.45) is -9.59. The van der Waals surface area contributed by atoms with Gasteiger partial charge in [-0.05, 0) is 25.2 Å². The molecule has 0 radical (unpaired) electrons. The average Bonchev–Trinajstić information content (AvgIpc) is 2.22. The fourth-order valence-electron chi connectivity index (χ4n) is 2.16. The minimum absolute atomic E-state index is 0.140. The second-order valence-electron chi connectivity index (χ2n) is 7.62. The number of Topliss-reactive ketones (excluding diaryl/α,β-unsaturated/α-hetero) is 1. The first-order chi connectivity index (χ1) is 10.3. The first-order valence-electron chi connectivity index (χ1n) is 7.77. The van der Waals surface area contributed by atoms with Gasteiger partial charge in [0.05, 0.1) is 0 Å². The minimum atomic E-state index is -5.34. The summed E-state index contributed by atoms with van der Waals surface area (Å²) in [6.45, 7) is 12.7. The van der Waals surface area contributed by atoms with Gasteiger partial charge in [-0.2, -0.15) is 26.3 Å². The molecule has 0 rings (SSSR count). The van der Waals surface area contributed by atoms with E-state index in [1.54, 1.807) is 6.92 Å². The fourth-order valence-corrected chi connectivity index (χ4v) is 2.16. The van der Waals surface area contributed by atoms with Crippen LogP contribution in [0.4, 0.5) is 26.3 Å². The summed E-state index contributed by atoms with van der Waals surface area (Å²) in [5.74, 6) is 0.285. The van der Waals surface area contributed by atoms with E-state index in [0.29, 0.717) is 0 Å². The van der Waals surface area contributed by atoms with E-state index in [1.165, 1.54) is 6.92 Å². The van der Waals surface area contributed by atoms with Crippen molar-refractivity contribution in [3.05, 3.63) is 0 Å². The van der Waals surface area contributed by atoms with Crippen LogP contribution in [0, 0.1) is 10.8 Å². The Balaban J connectivity index is 0. The van der Waals surface area contributed by atoms with Gasteiger partial charge < -0.3 is 0 Å². The second-order valence-corrected chi connectivity index (χ2v) is 7.62. The van der Waals surface area contributed by atoms with E-state index in [1.807, 2.05) is 13.8 Å². The van der Waals surface area contributed by atoms with Gasteiger partial charge in [0, 0.05) is 12.0 Å². The highest BCUT2D eigenvalue weighted by Crippen LogP contribution is 2.34. The molecule has 0 aromatic rings. The van der Waals surface area contributed by atoms with Gasteiger partial charge in [-0.1, -0.05) is 48.0 Å². The standard InChI is InChI=1S/C10H20O.C6H9F6N/c1-8(11)10(5,6)7-9(2,3)4;1-2-3-4-13(5(7,8)9)6(10,11)12/h7H2,1-6H3;2-4H2,1H3. The fraction of sp³-hybridized carbons (Fsp3) is 0.938. The number of ketones is 1. The highest BCUT2D eigenvalue weighted by atomic mass is 19.4. The molecule has 0 fully saturated rings. The summed E-state index contributed by atoms with van der Waals surface area (Å²) in [6, 6.07) is 0. The van der Waals surface area contributed by atoms with Crippen LogP contribution < -0.4 is 0 Å². The zero-order chi connectivity index (χ0) is 20.0. The molecule has 2 nitrogen and oxygen atoms in total. The molecule has 0 bridgehead atoms. The van der Waals surface area contributed by atoms with E-state index < -0.39 is 24.0 Å². The van der Waals surface area contributed by atoms with Gasteiger partial charge in [-0.25, -0.2) is 0 Å². The molecule has 0 spiro atoms. The van der Waals surface area contributed by atoms with Gasteiger partial charge in [-0.15, -0.1) is 4.90 Å². The van der Waals surface area contributed by atoms with Crippen molar-refractivity contribution in [2.75, 3.05) is 6.54 Å². The van der Waals surface area contributed by atoms with E-state index in [0.717, 1.165) is 6.42 Å². The van der Waals surface area contributed by atoms with Crippen LogP contribution in [0.5, 0.6) is 0 Å². The van der Waals surface area contributed by atoms with E-state index in [2.05, 4.69) is 20.8 Å². The minimum Gasteiger partial charge on any atom is -0.299 e. The molecule has 0 saturated heterocycles. The van der Waals surface area contributed by atoms with Crippen molar-refractivity contribution in [1.82, 2.24) is 4.90 Å². The van der Waals surface area contributed by atoms with Crippen LogP contribution in [0.1, 0.15) is 67.7 Å². The molecule has 0 saturated carbocycles. The van der Waals surface area contributed by atoms with E-state index in [4.69, 9.17) is 0 Å². The summed E-state index contributed by atoms with van der Waals surface area (Å²) in [4.78, 5) is 9.73. The molecular weight excluding hydrogens is 336 g/mol. The van der Waals surface area contributed by atoms with Crippen LogP contribution in [0.15, 0.2) is 0 Å². The topological polar surface area (TPSA) is 20.3 Å². The Morgan fingerprint density at radius 2 is 1.25 bits per heavy atom. The molecule has 8 heteroatoms. The van der Waals surface area contributed by atoms with E-state index >= 15 is 0 Å². The zero-order valence-electron chi connectivity index (χ0n) is 15.5. The molecule has 0 heterocycles. The lowest BCUT2D eigenvalue weighted by Gasteiger charge is -2.29. The van der Waals surface area contributed by atoms with Gasteiger partial charge in [0.1, 0.15) is 5.78 Å². The van der Waals surface area contributed by atoms with Crippen molar-refractivity contribution in [1.29, 1.82) is 0 Å². The maximum atomic E-state index is 11.7. The van der Waals surface area contributed by atoms with E-state index in [-0.39, 0.29) is 29.5 Å². The largest absolute Gasteiger partial charge is 0.467 e. The molecule has 146 valence electrons. The van der Waals surface area contributed by atoms with Gasteiger partial charge in [0.25, 0.3) is 0 Å². The Hall–Kier alpha value is -0.790. The van der Waals surface area contributed by atoms with Crippen molar-refractivity contribution in [3.8, 4) is 0 Å². The maximum absolute atomic E-state index is 11.7. The summed E-state index contributed by atoms with van der Waals surface area (Å²) in [7, 11) is 0. The van der Waals surface area contributed by atoms with Crippen LogP contribution in [0.2, 0.25) is 0 Å². The highest BCUT2D eigenvalue weighted by Gasteiger charge is 2.53. The van der Waals surface area contributed by atoms with Gasteiger partial charge >= 0.3 is 12.6 Å². The highest BCUT2D eigenvalue weighted by molar-refractivity contribution is 5.81. The van der Waals surface area contributed by atoms with E-state index in [9.17, 15) is 31.1 Å². The third kappa shape index (κ3) is 11.7. The molecule has 0 N–H and O–H groups in total. The molecule has 0 aromatic carbocycles. The average molecular weight is 365 g/mol. The second kappa shape index (κ2) is 9.06. The van der Waals surface area contributed by atoms with Crippen LogP contribution in [0.25, 0.3) is 0 Å². The number of carbonyl (C=O) groups excluding carboxylic acids is 1. The Morgan fingerprint density at radius 1 is 0.875 bits per heavy atom. The van der Waals surface area contributed by atoms with Gasteiger partial charge in [0.2, 0.25) is 0 Å². The first kappa shape index (κ1) is 25.5. The number of rotatable bonds is 5. The van der Waals surface area contributed by atoms with Crippen molar-refractivity contribution in [3.63, 3.8) is 0 Å². The third-order valence-electron chi connectivity index (χ3n) is 3.27. The molecule has 24 heavy (non-hydrogen) atoms. The lowest BCUT2D eigenvalue weighted by atomic mass is 9.74. The molecule has 0 aliphatic rings. The molecule has 0 aliphatic heterocycles. The summed E-state index contributed by atoms with van der Waals surface area (Å²) < 4.78 is 70.5. The smallest absolute Gasteiger partial charge is 0.299 e. The van der Waals surface area contributed by atoms with Crippen LogP contribution in [0.3, 0.4) is 0 Å². The Kier molecular flexibility index (Phi) is 9.61. The number of hydrogen-bond donors (Lipinski definition) is 0. The van der Waals surface area contributed by atoms with Crippen molar-refractivity contribution >= 4 is 5.78 Å². The Labute approximate surface area is 140 Å². The van der Waals surface area contributed by atoms with Gasteiger partial charge in [0.15, 0.2) is 0 Å². The SMILES string of the molecule is CC(=O)C(C)(C)CC(C)(C)C.CCCCN(C(F)(F)F)C(F)(F)F. The third-order valence-corrected chi connectivity index (χ3v) is 3.27. The summed E-state index contributed by atoms with van der Waals surface area (Å²) in [5.41, 5.74) is 0.0907. The van der Waals surface area contributed by atoms with Crippen molar-refractivity contribution in [2.24, 2.45) is 10.8 Å². The van der Waals surface area contributed by atoms with Crippen LogP contribution in [-0.2, 0) is 4.79 Å². The number of nitrogens with zero attached hydrogens (tertiary/aromatic N) is 1. The predicted molar refractivity (Wildman–Crippen MR) is 82.3 cm³/mol. The number of hydrogen-bond acceptors (Lipinski definition) is 2. The Bertz CT molecular complexity index is 365. The lowest BCUT2D eigenvalue weighted by molar-refractivity contribution is -0.372. The quantitative estimate of drug-likeness (QED) is 0.429. The zero-order valence-corrected chi connectivity index (χ0v) is 15.5. The number of unbranched alkanes of at least 4 members (excludes halogenated alkanes) is 1. The lowest BCUT2D eigenvalue weighted by Crippen LogP contribution is -2.48. The van der Waals surface area contributed by atoms with Crippen LogP contribution >= 0.6 is 0 Å². The number of alkyl halides is 6. The summed E-state index contributed by atoms with van der Waals surface area (Å²) in [5, 5.41) is 0. The molecule has 0 unspecified atom stereocenters. The number of carbonyl (C=O) groups is 1. The number of halogens is 6. The molecule has 0 aliphatic carbocycles. The van der Waals surface area contributed by atoms with Gasteiger partial charge in [-0.3, -0.25) is 4.79 Å². The Morgan fingerprint density at radius 3 is 1.42 bits per heavy atom. The predicted octanol–water partition coefficient (Wildman–Crippen LogP) is 6.17. The molecular formula is C16H29F6NO. The molecule has 0 amide bonds. The normalized spacial score (nSPS) is 13.6. The monoisotopic (exact) mass is 365 g/mol. The molecule has 0 atom stereocenters. The first-order valence-corrected chi connectivity index (χ1v) is 7.77. The maximum Gasteiger partial charge on any atom is 0.467 e. The summed E-state index contributed by atoms with van der Waals surface area (Å²) >= 11 is 0. The van der Waals surface area contributed by atoms with Crippen molar-refractivity contribution < 1.29 is 31.1 Å². The van der Waals surface area contributed by atoms with Crippen LogP contribution in [-0.4, -0.2) is 29.8 Å². The molecule has 0 aromatic heterocycles. The van der Waals surface area contributed by atoms with Crippen molar-refractivity contribution in [2.45, 2.75) is 80.3 Å².